The van der Waals surface area contributed by atoms with Crippen molar-refractivity contribution in [2.24, 2.45) is 16.5 Å². The molecule has 0 fully saturated rings. The van der Waals surface area contributed by atoms with Gasteiger partial charge in [0.1, 0.15) is 6.04 Å². The van der Waals surface area contributed by atoms with Gasteiger partial charge in [-0.25, -0.2) is 4.79 Å². The Morgan fingerprint density at radius 2 is 1.40 bits per heavy atom. The van der Waals surface area contributed by atoms with Crippen LogP contribution in [0.2, 0.25) is 0 Å². The first kappa shape index (κ1) is 31.7. The van der Waals surface area contributed by atoms with Crippen LogP contribution >= 0.6 is 0 Å². The molecule has 0 aliphatic carbocycles. The average molecular weight is 573 g/mol. The van der Waals surface area contributed by atoms with E-state index in [-0.39, 0.29) is 17.8 Å². The van der Waals surface area contributed by atoms with Gasteiger partial charge in [-0.3, -0.25) is 14.6 Å². The summed E-state index contributed by atoms with van der Waals surface area (Å²) in [6.07, 6.45) is 1.03. The number of aliphatic imine (C=N–C) groups is 1. The van der Waals surface area contributed by atoms with Crippen molar-refractivity contribution in [3.63, 3.8) is 0 Å². The van der Waals surface area contributed by atoms with Gasteiger partial charge >= 0.3 is 6.09 Å². The second-order valence-electron chi connectivity index (χ2n) is 9.70. The molecule has 222 valence electrons. The fourth-order valence-corrected chi connectivity index (χ4v) is 4.45. The fourth-order valence-electron chi connectivity index (χ4n) is 4.45. The summed E-state index contributed by atoms with van der Waals surface area (Å²) in [6, 6.07) is 26.0. The highest BCUT2D eigenvalue weighted by atomic mass is 16.5. The van der Waals surface area contributed by atoms with Gasteiger partial charge in [0.2, 0.25) is 11.8 Å². The van der Waals surface area contributed by atoms with Gasteiger partial charge in [-0.2, -0.15) is 0 Å². The zero-order valence-electron chi connectivity index (χ0n) is 23.9. The topological polar surface area (TPSA) is 161 Å². The van der Waals surface area contributed by atoms with E-state index in [9.17, 15) is 14.4 Å². The van der Waals surface area contributed by atoms with Crippen molar-refractivity contribution < 1.29 is 19.1 Å². The van der Waals surface area contributed by atoms with Crippen LogP contribution in [0.4, 0.5) is 4.79 Å². The molecule has 3 aromatic rings. The number of ether oxygens (including phenoxy) is 1. The summed E-state index contributed by atoms with van der Waals surface area (Å²) in [4.78, 5) is 42.4. The van der Waals surface area contributed by atoms with Crippen LogP contribution in [-0.2, 0) is 27.3 Å². The van der Waals surface area contributed by atoms with Gasteiger partial charge in [-0.1, -0.05) is 84.9 Å². The number of nitrogens with zero attached hydrogens (tertiary/aromatic N) is 1. The number of alkyl carbamates (subject to hydrolysis) is 1. The van der Waals surface area contributed by atoms with Gasteiger partial charge in [0.05, 0.1) is 12.5 Å². The first-order valence-corrected chi connectivity index (χ1v) is 14.1. The van der Waals surface area contributed by atoms with E-state index in [2.05, 4.69) is 20.9 Å². The zero-order valence-corrected chi connectivity index (χ0v) is 23.9. The molecule has 0 bridgehead atoms. The summed E-state index contributed by atoms with van der Waals surface area (Å²) in [5.41, 5.74) is 14.5. The lowest BCUT2D eigenvalue weighted by molar-refractivity contribution is -0.129. The Hall–Kier alpha value is -4.86. The maximum atomic E-state index is 13.7. The molecule has 0 aliphatic heterocycles. The number of hydrogen-bond acceptors (Lipinski definition) is 5. The first-order valence-electron chi connectivity index (χ1n) is 14.1. The van der Waals surface area contributed by atoms with Crippen LogP contribution in [0.5, 0.6) is 0 Å². The number of hydrogen-bond donors (Lipinski definition) is 5. The van der Waals surface area contributed by atoms with E-state index in [1.54, 1.807) is 6.92 Å². The van der Waals surface area contributed by atoms with Crippen LogP contribution in [0.3, 0.4) is 0 Å². The van der Waals surface area contributed by atoms with E-state index in [0.29, 0.717) is 45.5 Å². The summed E-state index contributed by atoms with van der Waals surface area (Å²) in [5.74, 6) is -1.13. The van der Waals surface area contributed by atoms with Crippen molar-refractivity contribution >= 4 is 23.9 Å². The molecule has 0 radical (unpaired) electrons. The Morgan fingerprint density at radius 1 is 0.810 bits per heavy atom. The van der Waals surface area contributed by atoms with Crippen LogP contribution in [-0.4, -0.2) is 49.6 Å². The van der Waals surface area contributed by atoms with Gasteiger partial charge in [0.25, 0.3) is 0 Å². The van der Waals surface area contributed by atoms with Crippen LogP contribution < -0.4 is 27.4 Å². The van der Waals surface area contributed by atoms with Gasteiger partial charge in [-0.05, 0) is 48.4 Å². The number of amides is 3. The van der Waals surface area contributed by atoms with Gasteiger partial charge < -0.3 is 32.2 Å². The molecule has 0 spiro atoms. The quantitative estimate of drug-likeness (QED) is 0.107. The molecule has 7 N–H and O–H groups in total. The molecule has 0 heterocycles. The number of guanidine groups is 1. The standard InChI is InChI=1S/C32H40N6O4/c1-2-42-32(41)37-22-24-17-15-23(16-18-24)19-21-35-29(39)27(14-9-20-36-31(33)34)38-30(40)28(25-10-5-3-6-11-25)26-12-7-4-8-13-26/h3-8,10-13,15-18,27-28H,2,9,14,19-22H2,1H3,(H,35,39)(H,37,41)(H,38,40)(H4,33,34,36)/t27-/m1/s1. The highest BCUT2D eigenvalue weighted by Gasteiger charge is 2.27. The van der Waals surface area contributed by atoms with Crippen LogP contribution in [0.25, 0.3) is 0 Å². The maximum Gasteiger partial charge on any atom is 0.407 e. The first-order chi connectivity index (χ1) is 20.4. The summed E-state index contributed by atoms with van der Waals surface area (Å²) < 4.78 is 4.87. The highest BCUT2D eigenvalue weighted by molar-refractivity contribution is 5.92. The van der Waals surface area contributed by atoms with Crippen molar-refractivity contribution in [2.45, 2.75) is 44.7 Å². The smallest absolute Gasteiger partial charge is 0.407 e. The minimum atomic E-state index is -0.766. The Morgan fingerprint density at radius 3 is 1.98 bits per heavy atom. The lowest BCUT2D eigenvalue weighted by atomic mass is 9.90. The largest absolute Gasteiger partial charge is 0.450 e. The Labute approximate surface area is 246 Å². The van der Waals surface area contributed by atoms with Crippen LogP contribution in [0.1, 0.15) is 47.9 Å². The SMILES string of the molecule is CCOC(=O)NCc1ccc(CCNC(=O)[C@@H](CCCN=C(N)N)NC(=O)C(c2ccccc2)c2ccccc2)cc1. The molecule has 3 aromatic carbocycles. The Kier molecular flexibility index (Phi) is 12.9. The highest BCUT2D eigenvalue weighted by Crippen LogP contribution is 2.25. The molecule has 3 rings (SSSR count). The van der Waals surface area contributed by atoms with E-state index in [4.69, 9.17) is 16.2 Å². The van der Waals surface area contributed by atoms with Gasteiger partial charge in [0, 0.05) is 19.6 Å². The van der Waals surface area contributed by atoms with Crippen molar-refractivity contribution in [1.29, 1.82) is 0 Å². The molecule has 0 aliphatic rings. The van der Waals surface area contributed by atoms with Gasteiger partial charge in [0.15, 0.2) is 5.96 Å². The average Bonchev–Trinajstić information content (AvgIpc) is 2.99. The molecule has 0 aromatic heterocycles. The summed E-state index contributed by atoms with van der Waals surface area (Å²) in [6.45, 7) is 3.17. The van der Waals surface area contributed by atoms with E-state index < -0.39 is 18.1 Å². The second-order valence-corrected chi connectivity index (χ2v) is 9.70. The third-order valence-corrected chi connectivity index (χ3v) is 6.55. The number of carbonyl (C=O) groups is 3. The normalized spacial score (nSPS) is 11.3. The molecule has 1 atom stereocenters. The molecule has 0 unspecified atom stereocenters. The Bertz CT molecular complexity index is 1260. The fraction of sp³-hybridized carbons (Fsp3) is 0.312. The number of carbonyl (C=O) groups excluding carboxylic acids is 3. The lowest BCUT2D eigenvalue weighted by Crippen LogP contribution is -2.48. The summed E-state index contributed by atoms with van der Waals surface area (Å²) >= 11 is 0. The van der Waals surface area contributed by atoms with E-state index in [1.807, 2.05) is 84.9 Å². The molecule has 0 saturated heterocycles. The minimum absolute atomic E-state index is 0.0176. The number of nitrogens with one attached hydrogen (secondary N) is 3. The van der Waals surface area contributed by atoms with Crippen molar-refractivity contribution in [3.8, 4) is 0 Å². The van der Waals surface area contributed by atoms with E-state index in [1.165, 1.54) is 0 Å². The second kappa shape index (κ2) is 17.1. The van der Waals surface area contributed by atoms with Gasteiger partial charge in [-0.15, -0.1) is 0 Å². The summed E-state index contributed by atoms with van der Waals surface area (Å²) in [7, 11) is 0. The van der Waals surface area contributed by atoms with Crippen molar-refractivity contribution in [1.82, 2.24) is 16.0 Å². The predicted octanol–water partition coefficient (Wildman–Crippen LogP) is 2.96. The zero-order chi connectivity index (χ0) is 30.2. The number of benzene rings is 3. The Balaban J connectivity index is 1.63. The minimum Gasteiger partial charge on any atom is -0.450 e. The molecule has 3 amide bonds. The van der Waals surface area contributed by atoms with Crippen LogP contribution in [0.15, 0.2) is 89.9 Å². The monoisotopic (exact) mass is 572 g/mol. The molecule has 10 heteroatoms. The molecule has 0 saturated carbocycles. The maximum absolute atomic E-state index is 13.7. The van der Waals surface area contributed by atoms with E-state index >= 15 is 0 Å². The number of rotatable bonds is 15. The molecular weight excluding hydrogens is 532 g/mol. The van der Waals surface area contributed by atoms with Crippen molar-refractivity contribution in [2.75, 3.05) is 19.7 Å². The van der Waals surface area contributed by atoms with Crippen molar-refractivity contribution in [3.05, 3.63) is 107 Å². The lowest BCUT2D eigenvalue weighted by Gasteiger charge is -2.23. The summed E-state index contributed by atoms with van der Waals surface area (Å²) in [5, 5.41) is 8.63. The molecular formula is C32H40N6O4. The molecule has 42 heavy (non-hydrogen) atoms. The third-order valence-electron chi connectivity index (χ3n) is 6.55. The number of nitrogens with two attached hydrogens (primary N) is 2. The predicted molar refractivity (Wildman–Crippen MR) is 164 cm³/mol. The third kappa shape index (κ3) is 10.6. The van der Waals surface area contributed by atoms with E-state index in [0.717, 1.165) is 22.3 Å². The molecule has 10 nitrogen and oxygen atoms in total. The van der Waals surface area contributed by atoms with Crippen LogP contribution in [0, 0.1) is 0 Å².